The Morgan fingerprint density at radius 3 is 1.46 bits per heavy atom. The van der Waals surface area contributed by atoms with Gasteiger partial charge in [-0.05, 0) is 72.7 Å². The monoisotopic (exact) mass is 822 g/mol. The van der Waals surface area contributed by atoms with E-state index in [1.807, 2.05) is 115 Å². The largest absolute Gasteiger partial charge is 0.341 e. The molecule has 2 saturated heterocycles. The van der Waals surface area contributed by atoms with E-state index in [2.05, 4.69) is 31.5 Å². The molecule has 2 unspecified atom stereocenters. The summed E-state index contributed by atoms with van der Waals surface area (Å²) < 4.78 is 0. The molecule has 6 amide bonds. The number of hydrogen-bond acceptors (Lipinski definition) is 7. The van der Waals surface area contributed by atoms with Crippen molar-refractivity contribution in [1.29, 1.82) is 0 Å². The molecule has 4 atom stereocenters. The minimum Gasteiger partial charge on any atom is -0.341 e. The van der Waals surface area contributed by atoms with Crippen molar-refractivity contribution in [2.24, 2.45) is 0 Å². The maximum Gasteiger partial charge on any atom is 0.250 e. The highest BCUT2D eigenvalue weighted by molar-refractivity contribution is 5.94. The van der Waals surface area contributed by atoms with Crippen molar-refractivity contribution in [1.82, 2.24) is 30.6 Å². The van der Waals surface area contributed by atoms with Crippen LogP contribution in [0.1, 0.15) is 75.6 Å². The minimum absolute atomic E-state index is 0.136. The summed E-state index contributed by atoms with van der Waals surface area (Å²) in [6, 6.07) is 32.7. The van der Waals surface area contributed by atoms with Gasteiger partial charge >= 0.3 is 0 Å². The highest BCUT2D eigenvalue weighted by Crippen LogP contribution is 2.30. The van der Waals surface area contributed by atoms with Crippen molar-refractivity contribution in [3.63, 3.8) is 0 Å². The second-order valence-electron chi connectivity index (χ2n) is 15.6. The summed E-state index contributed by atoms with van der Waals surface area (Å²) in [7, 11) is 0. The van der Waals surface area contributed by atoms with Crippen LogP contribution in [0.15, 0.2) is 115 Å². The third-order valence-corrected chi connectivity index (χ3v) is 11.1. The number of aromatic nitrogens is 2. The van der Waals surface area contributed by atoms with Gasteiger partial charge < -0.3 is 31.1 Å². The molecule has 14 nitrogen and oxygen atoms in total. The number of nitrogens with one attached hydrogen (secondary N) is 5. The lowest BCUT2D eigenvalue weighted by Gasteiger charge is -2.29. The summed E-state index contributed by atoms with van der Waals surface area (Å²) in [5.41, 5.74) is 5.82. The van der Waals surface area contributed by atoms with Crippen LogP contribution in [0, 0.1) is 0 Å². The quantitative estimate of drug-likeness (QED) is 0.0891. The molecular weight excluding hydrogens is 773 g/mol. The molecule has 1 aromatic heterocycles. The summed E-state index contributed by atoms with van der Waals surface area (Å²) in [5.74, 6) is -1.47. The average Bonchev–Trinajstić information content (AvgIpc) is 4.05. The first-order valence-corrected chi connectivity index (χ1v) is 20.6. The Morgan fingerprint density at radius 2 is 1.03 bits per heavy atom. The van der Waals surface area contributed by atoms with Crippen molar-refractivity contribution in [3.05, 3.63) is 126 Å². The summed E-state index contributed by atoms with van der Waals surface area (Å²) in [6.45, 7) is 3.81. The second-order valence-corrected chi connectivity index (χ2v) is 15.6. The lowest BCUT2D eigenvalue weighted by Crippen LogP contribution is -2.45. The van der Waals surface area contributed by atoms with Crippen molar-refractivity contribution >= 4 is 46.8 Å². The Bertz CT molecular complexity index is 2190. The number of hydrogen-bond donors (Lipinski definition) is 5. The van der Waals surface area contributed by atoms with Crippen LogP contribution in [0.5, 0.6) is 0 Å². The second kappa shape index (κ2) is 19.3. The Hall–Kier alpha value is -7.09. The zero-order valence-corrected chi connectivity index (χ0v) is 34.2. The van der Waals surface area contributed by atoms with Gasteiger partial charge in [-0.1, -0.05) is 84.9 Å². The van der Waals surface area contributed by atoms with Crippen LogP contribution >= 0.6 is 0 Å². The van der Waals surface area contributed by atoms with Crippen LogP contribution in [-0.4, -0.2) is 80.6 Å². The Labute approximate surface area is 354 Å². The number of rotatable bonds is 14. The zero-order chi connectivity index (χ0) is 42.9. The van der Waals surface area contributed by atoms with E-state index in [0.29, 0.717) is 54.1 Å². The highest BCUT2D eigenvalue weighted by atomic mass is 16.2. The van der Waals surface area contributed by atoms with E-state index in [1.165, 1.54) is 13.8 Å². The van der Waals surface area contributed by atoms with Crippen LogP contribution in [0.25, 0.3) is 22.5 Å². The van der Waals surface area contributed by atoms with Crippen molar-refractivity contribution in [2.75, 3.05) is 23.7 Å². The van der Waals surface area contributed by atoms with Gasteiger partial charge in [-0.25, -0.2) is 0 Å². The number of amides is 6. The standard InChI is InChI=1S/C47H50N8O6/c1-30(56)48-44(34-11-5-3-6-12-34)46(60)54-25-9-15-38(54)27-42(58)50-36-21-17-32(18-22-36)40-29-41(53-52-40)33-19-23-37(24-20-33)51-43(59)28-39-16-10-26-55(39)47(61)45(49-31(2)57)35-13-7-4-8-14-35/h3-8,11-14,17-24,29,38-39,44-45H,9-10,15-16,25-28H2,1-2H3,(H,48,56)(H,49,57)(H,50,58)(H,51,59)(H,52,53)/t38?,39?,44-,45-/m1/s1. The van der Waals surface area contributed by atoms with Crippen molar-refractivity contribution in [3.8, 4) is 22.5 Å². The number of carbonyl (C=O) groups excluding carboxylic acids is 6. The van der Waals surface area contributed by atoms with Gasteiger partial charge in [-0.15, -0.1) is 0 Å². The Morgan fingerprint density at radius 1 is 0.607 bits per heavy atom. The maximum atomic E-state index is 13.6. The van der Waals surface area contributed by atoms with Gasteiger partial charge in [0.25, 0.3) is 0 Å². The Balaban J connectivity index is 0.908. The zero-order valence-electron chi connectivity index (χ0n) is 34.2. The average molecular weight is 823 g/mol. The minimum atomic E-state index is -0.817. The van der Waals surface area contributed by atoms with Gasteiger partial charge in [0.2, 0.25) is 35.4 Å². The fourth-order valence-corrected chi connectivity index (χ4v) is 8.21. The molecule has 2 fully saturated rings. The van der Waals surface area contributed by atoms with E-state index >= 15 is 0 Å². The number of aromatic amines is 1. The predicted molar refractivity (Wildman–Crippen MR) is 231 cm³/mol. The van der Waals surface area contributed by atoms with Gasteiger partial charge in [0.15, 0.2) is 0 Å². The van der Waals surface area contributed by atoms with Crippen LogP contribution in [0.4, 0.5) is 11.4 Å². The first kappa shape index (κ1) is 42.0. The molecule has 0 saturated carbocycles. The van der Waals surface area contributed by atoms with Crippen molar-refractivity contribution < 1.29 is 28.8 Å². The predicted octanol–water partition coefficient (Wildman–Crippen LogP) is 6.14. The number of carbonyl (C=O) groups is 6. The van der Waals surface area contributed by atoms with Gasteiger partial charge in [-0.2, -0.15) is 5.10 Å². The van der Waals surface area contributed by atoms with Crippen LogP contribution in [0.2, 0.25) is 0 Å². The van der Waals surface area contributed by atoms with Crippen LogP contribution in [0.3, 0.4) is 0 Å². The molecule has 0 radical (unpaired) electrons. The molecule has 314 valence electrons. The topological polar surface area (TPSA) is 186 Å². The molecule has 14 heteroatoms. The smallest absolute Gasteiger partial charge is 0.250 e. The van der Waals surface area contributed by atoms with Crippen molar-refractivity contribution in [2.45, 2.75) is 76.5 Å². The number of nitrogens with zero attached hydrogens (tertiary/aromatic N) is 3. The number of anilines is 2. The lowest BCUT2D eigenvalue weighted by atomic mass is 10.0. The number of H-pyrrole nitrogens is 1. The summed E-state index contributed by atoms with van der Waals surface area (Å²) in [6.07, 6.45) is 3.21. The molecule has 5 N–H and O–H groups in total. The van der Waals surface area contributed by atoms with E-state index in [0.717, 1.165) is 29.7 Å². The number of likely N-dealkylation sites (tertiary alicyclic amines) is 2. The lowest BCUT2D eigenvalue weighted by molar-refractivity contribution is -0.138. The molecule has 7 rings (SSSR count). The molecule has 0 bridgehead atoms. The van der Waals surface area contributed by atoms with E-state index in [1.54, 1.807) is 9.80 Å². The summed E-state index contributed by atoms with van der Waals surface area (Å²) in [4.78, 5) is 81.0. The third kappa shape index (κ3) is 10.6. The molecule has 2 aliphatic heterocycles. The first-order valence-electron chi connectivity index (χ1n) is 20.6. The molecule has 5 aromatic rings. The summed E-state index contributed by atoms with van der Waals surface area (Å²) >= 11 is 0. The molecule has 0 spiro atoms. The Kier molecular flexibility index (Phi) is 13.3. The third-order valence-electron chi connectivity index (χ3n) is 11.1. The fourth-order valence-electron chi connectivity index (χ4n) is 8.21. The molecular formula is C47H50N8O6. The van der Waals surface area contributed by atoms with Gasteiger partial charge in [0.1, 0.15) is 12.1 Å². The summed E-state index contributed by atoms with van der Waals surface area (Å²) in [5, 5.41) is 19.1. The maximum absolute atomic E-state index is 13.6. The van der Waals surface area contributed by atoms with E-state index in [4.69, 9.17) is 0 Å². The molecule has 0 aliphatic carbocycles. The number of benzene rings is 4. The normalized spacial score (nSPS) is 17.0. The fraction of sp³-hybridized carbons (Fsp3) is 0.298. The van der Waals surface area contributed by atoms with Gasteiger partial charge in [0, 0.05) is 68.8 Å². The van der Waals surface area contributed by atoms with E-state index in [9.17, 15) is 28.8 Å². The van der Waals surface area contributed by atoms with E-state index < -0.39 is 12.1 Å². The SMILES string of the molecule is CC(=O)N[C@@H](C(=O)N1CCCC1CC(=O)Nc1ccc(-c2cc(-c3ccc(NC(=O)CC4CCCN4C(=O)[C@H](NC(C)=O)c4ccccc4)cc3)[nH]n2)cc1)c1ccccc1. The molecule has 4 aromatic carbocycles. The first-order chi connectivity index (χ1) is 29.5. The van der Waals surface area contributed by atoms with Gasteiger partial charge in [-0.3, -0.25) is 33.9 Å². The van der Waals surface area contributed by atoms with Crippen LogP contribution < -0.4 is 21.3 Å². The van der Waals surface area contributed by atoms with E-state index in [-0.39, 0.29) is 60.4 Å². The highest BCUT2D eigenvalue weighted by Gasteiger charge is 2.37. The molecule has 61 heavy (non-hydrogen) atoms. The van der Waals surface area contributed by atoms with Gasteiger partial charge in [0.05, 0.1) is 11.4 Å². The molecule has 2 aliphatic rings. The van der Waals surface area contributed by atoms with Crippen LogP contribution in [-0.2, 0) is 28.8 Å². The molecule has 3 heterocycles.